The quantitative estimate of drug-likeness (QED) is 0.680. The van der Waals surface area contributed by atoms with Gasteiger partial charge < -0.3 is 15.7 Å². The molecule has 1 aromatic rings. The average Bonchev–Trinajstić information content (AvgIpc) is 2.32. The van der Waals surface area contributed by atoms with Gasteiger partial charge in [0.25, 0.3) is 5.91 Å². The van der Waals surface area contributed by atoms with Crippen molar-refractivity contribution in [2.75, 3.05) is 19.6 Å². The van der Waals surface area contributed by atoms with Gasteiger partial charge in [-0.25, -0.2) is 0 Å². The Morgan fingerprint density at radius 2 is 2.12 bits per heavy atom. The summed E-state index contributed by atoms with van der Waals surface area (Å²) in [7, 11) is 0. The molecule has 3 N–H and O–H groups in total. The van der Waals surface area contributed by atoms with Crippen LogP contribution < -0.4 is 10.6 Å². The Morgan fingerprint density at radius 3 is 2.82 bits per heavy atom. The summed E-state index contributed by atoms with van der Waals surface area (Å²) in [5, 5.41) is 15.5. The van der Waals surface area contributed by atoms with Crippen LogP contribution in [0.5, 0.6) is 5.75 Å². The van der Waals surface area contributed by atoms with Crippen molar-refractivity contribution < 1.29 is 9.90 Å². The summed E-state index contributed by atoms with van der Waals surface area (Å²) in [6, 6.07) is 4.31. The predicted octanol–water partition coefficient (Wildman–Crippen LogP) is 1.77. The van der Waals surface area contributed by atoms with E-state index in [-0.39, 0.29) is 11.7 Å². The van der Waals surface area contributed by atoms with Gasteiger partial charge in [0.15, 0.2) is 0 Å². The molecule has 0 aliphatic rings. The van der Waals surface area contributed by atoms with Crippen LogP contribution in [-0.2, 0) is 0 Å². The molecule has 0 spiro atoms. The molecule has 1 amide bonds. The van der Waals surface area contributed by atoms with Crippen LogP contribution >= 0.6 is 11.6 Å². The number of amides is 1. The van der Waals surface area contributed by atoms with Crippen LogP contribution in [-0.4, -0.2) is 30.6 Å². The summed E-state index contributed by atoms with van der Waals surface area (Å²) in [4.78, 5) is 11.7. The lowest BCUT2D eigenvalue weighted by Gasteiger charge is -2.07. The van der Waals surface area contributed by atoms with Gasteiger partial charge in [0, 0.05) is 13.1 Å². The van der Waals surface area contributed by atoms with Crippen LogP contribution in [0.4, 0.5) is 0 Å². The third-order valence-electron chi connectivity index (χ3n) is 2.21. The van der Waals surface area contributed by atoms with E-state index in [1.54, 1.807) is 0 Å². The van der Waals surface area contributed by atoms with Crippen molar-refractivity contribution in [1.82, 2.24) is 10.6 Å². The molecule has 0 saturated heterocycles. The van der Waals surface area contributed by atoms with Gasteiger partial charge in [-0.3, -0.25) is 4.79 Å². The zero-order chi connectivity index (χ0) is 12.7. The van der Waals surface area contributed by atoms with Crippen LogP contribution in [0.25, 0.3) is 0 Å². The number of carbonyl (C=O) groups excluding carboxylic acids is 1. The molecule has 0 atom stereocenters. The van der Waals surface area contributed by atoms with Crippen LogP contribution in [0, 0.1) is 0 Å². The number of phenols is 1. The molecule has 0 bridgehead atoms. The van der Waals surface area contributed by atoms with Gasteiger partial charge in [-0.15, -0.1) is 0 Å². The highest BCUT2D eigenvalue weighted by Crippen LogP contribution is 2.20. The maximum atomic E-state index is 11.7. The molecule has 1 rings (SSSR count). The summed E-state index contributed by atoms with van der Waals surface area (Å²) in [5.41, 5.74) is 0.294. The van der Waals surface area contributed by atoms with Gasteiger partial charge in [0.1, 0.15) is 5.75 Å². The summed E-state index contributed by atoms with van der Waals surface area (Å²) < 4.78 is 0. The standard InChI is InChI=1S/C12H17ClN2O2/c1-2-5-14-6-7-15-12(17)10-8-9(16)3-4-11(10)13/h3-4,8,14,16H,2,5-7H2,1H3,(H,15,17). The molecule has 0 heterocycles. The number of carbonyl (C=O) groups is 1. The number of halogens is 1. The fourth-order valence-electron chi connectivity index (χ4n) is 1.35. The van der Waals surface area contributed by atoms with Gasteiger partial charge in [-0.1, -0.05) is 18.5 Å². The molecule has 0 aliphatic heterocycles. The van der Waals surface area contributed by atoms with Crippen molar-refractivity contribution in [3.05, 3.63) is 28.8 Å². The lowest BCUT2D eigenvalue weighted by atomic mass is 10.2. The van der Waals surface area contributed by atoms with Crippen molar-refractivity contribution in [3.8, 4) is 5.75 Å². The Kier molecular flexibility index (Phi) is 5.80. The predicted molar refractivity (Wildman–Crippen MR) is 68.6 cm³/mol. The number of aromatic hydroxyl groups is 1. The first-order valence-electron chi connectivity index (χ1n) is 5.62. The zero-order valence-electron chi connectivity index (χ0n) is 9.79. The molecular formula is C12H17ClN2O2. The third kappa shape index (κ3) is 4.63. The fraction of sp³-hybridized carbons (Fsp3) is 0.417. The van der Waals surface area contributed by atoms with Gasteiger partial charge in [-0.2, -0.15) is 0 Å². The zero-order valence-corrected chi connectivity index (χ0v) is 10.5. The molecule has 0 fully saturated rings. The van der Waals surface area contributed by atoms with Crippen LogP contribution in [0.1, 0.15) is 23.7 Å². The summed E-state index contributed by atoms with van der Waals surface area (Å²) in [5.74, 6) is -0.243. The highest BCUT2D eigenvalue weighted by atomic mass is 35.5. The SMILES string of the molecule is CCCNCCNC(=O)c1cc(O)ccc1Cl. The molecule has 17 heavy (non-hydrogen) atoms. The van der Waals surface area contributed by atoms with E-state index < -0.39 is 0 Å². The molecule has 0 aliphatic carbocycles. The number of hydrogen-bond donors (Lipinski definition) is 3. The minimum atomic E-state index is -0.274. The van der Waals surface area contributed by atoms with Crippen molar-refractivity contribution in [2.45, 2.75) is 13.3 Å². The number of nitrogens with one attached hydrogen (secondary N) is 2. The minimum Gasteiger partial charge on any atom is -0.508 e. The van der Waals surface area contributed by atoms with Crippen LogP contribution in [0.15, 0.2) is 18.2 Å². The Labute approximate surface area is 106 Å². The summed E-state index contributed by atoms with van der Waals surface area (Å²) in [6.45, 7) is 4.27. The Balaban J connectivity index is 2.44. The molecule has 94 valence electrons. The maximum absolute atomic E-state index is 11.7. The molecule has 0 radical (unpaired) electrons. The lowest BCUT2D eigenvalue weighted by Crippen LogP contribution is -2.32. The van der Waals surface area contributed by atoms with Crippen molar-refractivity contribution in [1.29, 1.82) is 0 Å². The van der Waals surface area contributed by atoms with Crippen molar-refractivity contribution >= 4 is 17.5 Å². The molecule has 0 unspecified atom stereocenters. The fourth-order valence-corrected chi connectivity index (χ4v) is 1.55. The van der Waals surface area contributed by atoms with E-state index in [0.29, 0.717) is 17.1 Å². The Bertz CT molecular complexity index is 383. The van der Waals surface area contributed by atoms with Crippen LogP contribution in [0.2, 0.25) is 5.02 Å². The molecule has 0 aromatic heterocycles. The molecule has 0 saturated carbocycles. The number of hydrogen-bond acceptors (Lipinski definition) is 3. The first kappa shape index (κ1) is 13.8. The maximum Gasteiger partial charge on any atom is 0.252 e. The second-order valence-electron chi connectivity index (χ2n) is 3.67. The summed E-state index contributed by atoms with van der Waals surface area (Å²) >= 11 is 5.87. The first-order chi connectivity index (χ1) is 8.15. The van der Waals surface area contributed by atoms with E-state index in [2.05, 4.69) is 17.6 Å². The first-order valence-corrected chi connectivity index (χ1v) is 6.00. The molecule has 4 nitrogen and oxygen atoms in total. The van der Waals surface area contributed by atoms with E-state index in [0.717, 1.165) is 19.5 Å². The van der Waals surface area contributed by atoms with E-state index in [1.807, 2.05) is 0 Å². The molecule has 1 aromatic carbocycles. The van der Waals surface area contributed by atoms with E-state index in [1.165, 1.54) is 18.2 Å². The Hall–Kier alpha value is -1.26. The van der Waals surface area contributed by atoms with Crippen LogP contribution in [0.3, 0.4) is 0 Å². The van der Waals surface area contributed by atoms with Gasteiger partial charge in [0.2, 0.25) is 0 Å². The lowest BCUT2D eigenvalue weighted by molar-refractivity contribution is 0.0953. The smallest absolute Gasteiger partial charge is 0.252 e. The van der Waals surface area contributed by atoms with Crippen molar-refractivity contribution in [3.63, 3.8) is 0 Å². The third-order valence-corrected chi connectivity index (χ3v) is 2.54. The highest BCUT2D eigenvalue weighted by Gasteiger charge is 2.10. The van der Waals surface area contributed by atoms with E-state index >= 15 is 0 Å². The number of phenolic OH excluding ortho intramolecular Hbond substituents is 1. The summed E-state index contributed by atoms with van der Waals surface area (Å²) in [6.07, 6.45) is 1.06. The minimum absolute atomic E-state index is 0.0312. The largest absolute Gasteiger partial charge is 0.508 e. The topological polar surface area (TPSA) is 61.4 Å². The molecular weight excluding hydrogens is 240 g/mol. The Morgan fingerprint density at radius 1 is 1.35 bits per heavy atom. The number of benzene rings is 1. The van der Waals surface area contributed by atoms with Gasteiger partial charge in [0.05, 0.1) is 10.6 Å². The van der Waals surface area contributed by atoms with Crippen molar-refractivity contribution in [2.24, 2.45) is 0 Å². The highest BCUT2D eigenvalue weighted by molar-refractivity contribution is 6.33. The average molecular weight is 257 g/mol. The number of rotatable bonds is 6. The second kappa shape index (κ2) is 7.14. The van der Waals surface area contributed by atoms with E-state index in [9.17, 15) is 9.90 Å². The van der Waals surface area contributed by atoms with Gasteiger partial charge in [-0.05, 0) is 31.2 Å². The molecule has 5 heteroatoms. The normalized spacial score (nSPS) is 10.2. The van der Waals surface area contributed by atoms with Gasteiger partial charge >= 0.3 is 0 Å². The second-order valence-corrected chi connectivity index (χ2v) is 4.08. The monoisotopic (exact) mass is 256 g/mol. The van der Waals surface area contributed by atoms with E-state index in [4.69, 9.17) is 11.6 Å².